The zero-order chi connectivity index (χ0) is 18.4. The maximum absolute atomic E-state index is 12.0. The Bertz CT molecular complexity index is 909. The number of benzene rings is 1. The van der Waals surface area contributed by atoms with Crippen molar-refractivity contribution in [2.24, 2.45) is 0 Å². The van der Waals surface area contributed by atoms with Gasteiger partial charge in [-0.25, -0.2) is 4.98 Å². The predicted octanol–water partition coefficient (Wildman–Crippen LogP) is 2.47. The van der Waals surface area contributed by atoms with E-state index in [4.69, 9.17) is 0 Å². The third-order valence-corrected chi connectivity index (χ3v) is 5.36. The Hall–Kier alpha value is -2.16. The summed E-state index contributed by atoms with van der Waals surface area (Å²) in [6.45, 7) is 1.12. The zero-order valence-corrected chi connectivity index (χ0v) is 16.0. The van der Waals surface area contributed by atoms with Crippen molar-refractivity contribution in [1.29, 1.82) is 0 Å². The van der Waals surface area contributed by atoms with Crippen LogP contribution in [-0.2, 0) is 17.3 Å². The second kappa shape index (κ2) is 8.98. The monoisotopic (exact) mass is 388 g/mol. The highest BCUT2D eigenvalue weighted by Crippen LogP contribution is 2.19. The average Bonchev–Trinajstić information content (AvgIpc) is 3.05. The lowest BCUT2D eigenvalue weighted by Gasteiger charge is -2.06. The molecule has 1 aromatic carbocycles. The summed E-state index contributed by atoms with van der Waals surface area (Å²) in [5.74, 6) is 0.318. The Kier molecular flexibility index (Phi) is 6.43. The third-order valence-electron chi connectivity index (χ3n) is 3.78. The number of pyridine rings is 1. The Morgan fingerprint density at radius 1 is 1.27 bits per heavy atom. The van der Waals surface area contributed by atoms with E-state index in [0.29, 0.717) is 24.4 Å². The van der Waals surface area contributed by atoms with E-state index in [0.717, 1.165) is 21.5 Å². The first-order chi connectivity index (χ1) is 12.6. The molecule has 6 nitrogen and oxygen atoms in total. The number of amides is 1. The van der Waals surface area contributed by atoms with E-state index in [1.54, 1.807) is 24.6 Å². The smallest absolute Gasteiger partial charge is 0.251 e. The molecule has 3 rings (SSSR count). The number of hydrogen-bond donors (Lipinski definition) is 3. The minimum absolute atomic E-state index is 0.147. The minimum Gasteiger partial charge on any atom is -0.351 e. The van der Waals surface area contributed by atoms with Crippen LogP contribution in [0, 0.1) is 0 Å². The van der Waals surface area contributed by atoms with Gasteiger partial charge < -0.3 is 10.3 Å². The first-order valence-corrected chi connectivity index (χ1v) is 10.7. The second-order valence-electron chi connectivity index (χ2n) is 5.69. The Balaban J connectivity index is 1.50. The van der Waals surface area contributed by atoms with Crippen molar-refractivity contribution >= 4 is 39.7 Å². The molecule has 1 unspecified atom stereocenters. The number of carbonyl (C=O) groups is 1. The van der Waals surface area contributed by atoms with E-state index in [2.05, 4.69) is 20.0 Å². The molecule has 3 aromatic rings. The fraction of sp³-hybridized carbons (Fsp3) is 0.222. The summed E-state index contributed by atoms with van der Waals surface area (Å²) in [7, 11) is -0.900. The van der Waals surface area contributed by atoms with Crippen molar-refractivity contribution in [3.63, 3.8) is 0 Å². The quantitative estimate of drug-likeness (QED) is 0.516. The molecular weight excluding hydrogens is 368 g/mol. The van der Waals surface area contributed by atoms with Crippen LogP contribution in [0.25, 0.3) is 11.0 Å². The Morgan fingerprint density at radius 2 is 2.08 bits per heavy atom. The van der Waals surface area contributed by atoms with Crippen molar-refractivity contribution in [1.82, 2.24) is 20.0 Å². The molecule has 136 valence electrons. The molecule has 2 aromatic heterocycles. The molecule has 0 fully saturated rings. The molecule has 0 radical (unpaired) electrons. The van der Waals surface area contributed by atoms with Crippen LogP contribution in [0.4, 0.5) is 0 Å². The highest BCUT2D eigenvalue weighted by molar-refractivity contribution is 7.97. The van der Waals surface area contributed by atoms with Crippen LogP contribution in [0.15, 0.2) is 53.7 Å². The molecule has 0 saturated carbocycles. The molecule has 0 spiro atoms. The van der Waals surface area contributed by atoms with Crippen LogP contribution in [0.3, 0.4) is 0 Å². The Labute approximate surface area is 158 Å². The first-order valence-electron chi connectivity index (χ1n) is 8.12. The molecule has 8 heteroatoms. The van der Waals surface area contributed by atoms with Crippen molar-refractivity contribution in [3.8, 4) is 0 Å². The van der Waals surface area contributed by atoms with Crippen LogP contribution < -0.4 is 10.0 Å². The van der Waals surface area contributed by atoms with Gasteiger partial charge in [0.2, 0.25) is 0 Å². The number of fused-ring (bicyclic) bond motifs is 1. The van der Waals surface area contributed by atoms with Crippen LogP contribution in [0.1, 0.15) is 15.9 Å². The lowest BCUT2D eigenvalue weighted by Crippen LogP contribution is -2.27. The summed E-state index contributed by atoms with van der Waals surface area (Å²) < 4.78 is 14.3. The highest BCUT2D eigenvalue weighted by atomic mass is 32.2. The second-order valence-corrected chi connectivity index (χ2v) is 8.21. The van der Waals surface area contributed by atoms with Gasteiger partial charge in [0, 0.05) is 64.1 Å². The summed E-state index contributed by atoms with van der Waals surface area (Å²) in [6, 6.07) is 11.4. The SMILES string of the molecule is CS(=O)CCNC(=O)c1ccc(SNCc2c[nH]c3ncccc23)cc1. The number of rotatable bonds is 8. The van der Waals surface area contributed by atoms with Gasteiger partial charge in [-0.2, -0.15) is 0 Å². The Morgan fingerprint density at radius 3 is 2.85 bits per heavy atom. The topological polar surface area (TPSA) is 86.9 Å². The van der Waals surface area contributed by atoms with E-state index in [1.165, 1.54) is 11.9 Å². The summed E-state index contributed by atoms with van der Waals surface area (Å²) in [4.78, 5) is 20.4. The number of H-pyrrole nitrogens is 1. The van der Waals surface area contributed by atoms with Crippen molar-refractivity contribution < 1.29 is 9.00 Å². The summed E-state index contributed by atoms with van der Waals surface area (Å²) in [5.41, 5.74) is 2.64. The maximum Gasteiger partial charge on any atom is 0.251 e. The van der Waals surface area contributed by atoms with Gasteiger partial charge in [-0.15, -0.1) is 0 Å². The van der Waals surface area contributed by atoms with E-state index < -0.39 is 10.8 Å². The normalized spacial score (nSPS) is 12.2. The van der Waals surface area contributed by atoms with Gasteiger partial charge in [-0.1, -0.05) is 0 Å². The molecule has 26 heavy (non-hydrogen) atoms. The number of hydrogen-bond acceptors (Lipinski definition) is 5. The lowest BCUT2D eigenvalue weighted by molar-refractivity contribution is 0.0956. The van der Waals surface area contributed by atoms with Gasteiger partial charge >= 0.3 is 0 Å². The van der Waals surface area contributed by atoms with Gasteiger partial charge in [0.15, 0.2) is 0 Å². The zero-order valence-electron chi connectivity index (χ0n) is 14.3. The molecule has 1 atom stereocenters. The molecule has 1 amide bonds. The molecular formula is C18H20N4O2S2. The number of aromatic amines is 1. The van der Waals surface area contributed by atoms with E-state index >= 15 is 0 Å². The molecule has 0 saturated heterocycles. The predicted molar refractivity (Wildman–Crippen MR) is 106 cm³/mol. The van der Waals surface area contributed by atoms with Gasteiger partial charge in [-0.3, -0.25) is 13.7 Å². The van der Waals surface area contributed by atoms with Gasteiger partial charge in [0.05, 0.1) is 0 Å². The van der Waals surface area contributed by atoms with Gasteiger partial charge in [0.25, 0.3) is 5.91 Å². The number of nitrogens with one attached hydrogen (secondary N) is 3. The summed E-state index contributed by atoms with van der Waals surface area (Å²) in [5, 5.41) is 3.88. The lowest BCUT2D eigenvalue weighted by atomic mass is 10.2. The molecule has 0 bridgehead atoms. The van der Waals surface area contributed by atoms with Gasteiger partial charge in [0.1, 0.15) is 5.65 Å². The average molecular weight is 389 g/mol. The molecule has 2 heterocycles. The van der Waals surface area contributed by atoms with Crippen molar-refractivity contribution in [2.75, 3.05) is 18.6 Å². The van der Waals surface area contributed by atoms with Crippen LogP contribution >= 0.6 is 11.9 Å². The van der Waals surface area contributed by atoms with Crippen molar-refractivity contribution in [2.45, 2.75) is 11.4 Å². The molecule has 3 N–H and O–H groups in total. The summed E-state index contributed by atoms with van der Waals surface area (Å²) in [6.07, 6.45) is 5.35. The van der Waals surface area contributed by atoms with E-state index in [-0.39, 0.29) is 5.91 Å². The van der Waals surface area contributed by atoms with E-state index in [9.17, 15) is 9.00 Å². The largest absolute Gasteiger partial charge is 0.351 e. The first kappa shape index (κ1) is 18.6. The van der Waals surface area contributed by atoms with Crippen LogP contribution in [0.5, 0.6) is 0 Å². The van der Waals surface area contributed by atoms with E-state index in [1.807, 2.05) is 30.5 Å². The van der Waals surface area contributed by atoms with Crippen LogP contribution in [0.2, 0.25) is 0 Å². The summed E-state index contributed by atoms with van der Waals surface area (Å²) >= 11 is 1.51. The fourth-order valence-corrected chi connectivity index (χ4v) is 3.50. The van der Waals surface area contributed by atoms with Crippen LogP contribution in [-0.4, -0.2) is 38.6 Å². The third kappa shape index (κ3) is 4.94. The molecule has 0 aliphatic rings. The number of aromatic nitrogens is 2. The highest BCUT2D eigenvalue weighted by Gasteiger charge is 2.06. The fourth-order valence-electron chi connectivity index (χ4n) is 2.44. The van der Waals surface area contributed by atoms with Gasteiger partial charge in [-0.05, 0) is 53.9 Å². The standard InChI is InChI=1S/C18H20N4O2S2/c1-26(24)10-9-20-18(23)13-4-6-15(7-5-13)25-22-12-14-11-21-17-16(14)3-2-8-19-17/h2-8,11,22H,9-10,12H2,1H3,(H,19,21)(H,20,23). The maximum atomic E-state index is 12.0. The molecule has 0 aliphatic heterocycles. The minimum atomic E-state index is -0.900. The van der Waals surface area contributed by atoms with Crippen molar-refractivity contribution in [3.05, 3.63) is 59.9 Å². The number of nitrogens with zero attached hydrogens (tertiary/aromatic N) is 1. The molecule has 0 aliphatic carbocycles. The number of carbonyl (C=O) groups excluding carboxylic acids is 1.